The third-order valence-electron chi connectivity index (χ3n) is 2.22. The monoisotopic (exact) mass is 359 g/mol. The van der Waals surface area contributed by atoms with Crippen molar-refractivity contribution in [1.29, 1.82) is 0 Å². The van der Waals surface area contributed by atoms with Crippen LogP contribution in [0.4, 0.5) is 0 Å². The smallest absolute Gasteiger partial charge is 0.248 e. The highest BCUT2D eigenvalue weighted by atomic mass is 79.9. The number of hydrogen-bond acceptors (Lipinski definition) is 4. The molecule has 90 valence electrons. The molecule has 0 amide bonds. The molecule has 17 heavy (non-hydrogen) atoms. The van der Waals surface area contributed by atoms with E-state index in [4.69, 9.17) is 10.2 Å². The fourth-order valence-electron chi connectivity index (χ4n) is 1.38. The number of hydrogen-bond donors (Lipinski definition) is 1. The van der Waals surface area contributed by atoms with Crippen molar-refractivity contribution in [2.45, 2.75) is 12.8 Å². The van der Waals surface area contributed by atoms with Gasteiger partial charge in [-0.2, -0.15) is 0 Å². The van der Waals surface area contributed by atoms with Gasteiger partial charge in [0.15, 0.2) is 0 Å². The lowest BCUT2D eigenvalue weighted by atomic mass is 10.2. The summed E-state index contributed by atoms with van der Waals surface area (Å²) in [5.41, 5.74) is 6.32. The van der Waals surface area contributed by atoms with Crippen LogP contribution in [0.15, 0.2) is 31.6 Å². The van der Waals surface area contributed by atoms with Gasteiger partial charge < -0.3 is 10.2 Å². The van der Waals surface area contributed by atoms with Crippen molar-refractivity contribution in [3.8, 4) is 11.5 Å². The third-order valence-corrected chi connectivity index (χ3v) is 3.37. The number of aromatic nitrogens is 2. The zero-order valence-corrected chi connectivity index (χ0v) is 12.2. The summed E-state index contributed by atoms with van der Waals surface area (Å²) in [6.45, 7) is 0.625. The molecule has 0 spiro atoms. The molecule has 0 radical (unpaired) electrons. The Labute approximate surface area is 116 Å². The van der Waals surface area contributed by atoms with Crippen molar-refractivity contribution in [2.24, 2.45) is 5.73 Å². The predicted molar refractivity (Wildman–Crippen MR) is 72.5 cm³/mol. The van der Waals surface area contributed by atoms with Crippen LogP contribution in [-0.4, -0.2) is 16.7 Å². The van der Waals surface area contributed by atoms with Crippen molar-refractivity contribution in [3.05, 3.63) is 33.0 Å². The first-order valence-corrected chi connectivity index (χ1v) is 6.77. The molecule has 2 rings (SSSR count). The minimum absolute atomic E-state index is 0.524. The van der Waals surface area contributed by atoms with E-state index in [1.165, 1.54) is 0 Å². The fraction of sp³-hybridized carbons (Fsp3) is 0.273. The Morgan fingerprint density at radius 1 is 1.24 bits per heavy atom. The van der Waals surface area contributed by atoms with E-state index in [0.29, 0.717) is 18.3 Å². The van der Waals surface area contributed by atoms with Gasteiger partial charge in [-0.05, 0) is 47.1 Å². The molecule has 1 aromatic carbocycles. The van der Waals surface area contributed by atoms with E-state index >= 15 is 0 Å². The molecule has 0 saturated carbocycles. The van der Waals surface area contributed by atoms with Crippen LogP contribution in [-0.2, 0) is 6.42 Å². The second kappa shape index (κ2) is 5.75. The molecule has 0 aliphatic heterocycles. The molecule has 2 N–H and O–H groups in total. The Balaban J connectivity index is 2.24. The van der Waals surface area contributed by atoms with Crippen LogP contribution in [0.25, 0.3) is 11.5 Å². The molecule has 0 saturated heterocycles. The number of nitrogens with two attached hydrogens (primary N) is 1. The third kappa shape index (κ3) is 3.14. The molecule has 0 atom stereocenters. The molecule has 0 aliphatic carbocycles. The summed E-state index contributed by atoms with van der Waals surface area (Å²) in [6, 6.07) is 5.80. The number of nitrogens with zero attached hydrogens (tertiary/aromatic N) is 2. The first-order chi connectivity index (χ1) is 8.20. The lowest BCUT2D eigenvalue weighted by Gasteiger charge is -1.99. The average molecular weight is 361 g/mol. The normalized spacial score (nSPS) is 10.8. The molecule has 4 nitrogen and oxygen atoms in total. The van der Waals surface area contributed by atoms with Gasteiger partial charge in [-0.25, -0.2) is 0 Å². The lowest BCUT2D eigenvalue weighted by Crippen LogP contribution is -2.00. The molecule has 1 aromatic heterocycles. The first kappa shape index (κ1) is 12.7. The minimum Gasteiger partial charge on any atom is -0.421 e. The van der Waals surface area contributed by atoms with Gasteiger partial charge in [0, 0.05) is 15.4 Å². The van der Waals surface area contributed by atoms with E-state index < -0.39 is 0 Å². The average Bonchev–Trinajstić information content (AvgIpc) is 2.75. The van der Waals surface area contributed by atoms with E-state index in [-0.39, 0.29) is 0 Å². The van der Waals surface area contributed by atoms with Crippen molar-refractivity contribution < 1.29 is 4.42 Å². The zero-order chi connectivity index (χ0) is 12.3. The summed E-state index contributed by atoms with van der Waals surface area (Å²) in [4.78, 5) is 0. The Morgan fingerprint density at radius 3 is 2.76 bits per heavy atom. The highest BCUT2D eigenvalue weighted by Crippen LogP contribution is 2.29. The van der Waals surface area contributed by atoms with Crippen LogP contribution in [0.5, 0.6) is 0 Å². The van der Waals surface area contributed by atoms with Crippen LogP contribution < -0.4 is 5.73 Å². The Hall–Kier alpha value is -0.720. The molecule has 1 heterocycles. The summed E-state index contributed by atoms with van der Waals surface area (Å²) in [5.74, 6) is 1.15. The van der Waals surface area contributed by atoms with Gasteiger partial charge in [-0.1, -0.05) is 15.9 Å². The fourth-order valence-corrected chi connectivity index (χ4v) is 2.60. The standard InChI is InChI=1S/C11H11Br2N3O/c12-7-3-4-8(9(13)6-7)11-16-15-10(17-11)2-1-5-14/h3-4,6H,1-2,5,14H2. The minimum atomic E-state index is 0.524. The molecule has 0 fully saturated rings. The molecule has 2 aromatic rings. The number of rotatable bonds is 4. The van der Waals surface area contributed by atoms with Crippen LogP contribution >= 0.6 is 31.9 Å². The van der Waals surface area contributed by atoms with Gasteiger partial charge in [0.1, 0.15) is 0 Å². The Morgan fingerprint density at radius 2 is 2.06 bits per heavy atom. The molecule has 0 bridgehead atoms. The summed E-state index contributed by atoms with van der Waals surface area (Å²) in [6.07, 6.45) is 1.57. The summed E-state index contributed by atoms with van der Waals surface area (Å²) < 4.78 is 7.48. The van der Waals surface area contributed by atoms with E-state index in [9.17, 15) is 0 Å². The van der Waals surface area contributed by atoms with Crippen LogP contribution in [0, 0.1) is 0 Å². The Bertz CT molecular complexity index is 513. The summed E-state index contributed by atoms with van der Waals surface area (Å²) in [5, 5.41) is 8.02. The highest BCUT2D eigenvalue weighted by Gasteiger charge is 2.11. The highest BCUT2D eigenvalue weighted by molar-refractivity contribution is 9.11. The summed E-state index contributed by atoms with van der Waals surface area (Å²) in [7, 11) is 0. The number of halogens is 2. The maximum atomic E-state index is 5.57. The lowest BCUT2D eigenvalue weighted by molar-refractivity contribution is 0.498. The quantitative estimate of drug-likeness (QED) is 0.909. The second-order valence-electron chi connectivity index (χ2n) is 3.52. The first-order valence-electron chi connectivity index (χ1n) is 5.18. The van der Waals surface area contributed by atoms with Crippen LogP contribution in [0.2, 0.25) is 0 Å². The van der Waals surface area contributed by atoms with Gasteiger partial charge in [0.25, 0.3) is 0 Å². The summed E-state index contributed by atoms with van der Waals surface area (Å²) >= 11 is 6.87. The zero-order valence-electron chi connectivity index (χ0n) is 8.99. The van der Waals surface area contributed by atoms with E-state index in [1.54, 1.807) is 0 Å². The molecule has 0 unspecified atom stereocenters. The molecule has 0 aliphatic rings. The van der Waals surface area contributed by atoms with Crippen molar-refractivity contribution in [3.63, 3.8) is 0 Å². The van der Waals surface area contributed by atoms with Gasteiger partial charge in [0.2, 0.25) is 11.8 Å². The maximum absolute atomic E-state index is 5.57. The van der Waals surface area contributed by atoms with Gasteiger partial charge >= 0.3 is 0 Å². The largest absolute Gasteiger partial charge is 0.421 e. The molecular formula is C11H11Br2N3O. The van der Waals surface area contributed by atoms with Crippen molar-refractivity contribution >= 4 is 31.9 Å². The van der Waals surface area contributed by atoms with Gasteiger partial charge in [0.05, 0.1) is 5.56 Å². The van der Waals surface area contributed by atoms with Gasteiger partial charge in [-0.3, -0.25) is 0 Å². The molecule has 6 heteroatoms. The van der Waals surface area contributed by atoms with E-state index in [1.807, 2.05) is 18.2 Å². The number of aryl methyl sites for hydroxylation is 1. The maximum Gasteiger partial charge on any atom is 0.248 e. The van der Waals surface area contributed by atoms with Crippen molar-refractivity contribution in [2.75, 3.05) is 6.54 Å². The Kier molecular flexibility index (Phi) is 4.31. The van der Waals surface area contributed by atoms with Crippen molar-refractivity contribution in [1.82, 2.24) is 10.2 Å². The second-order valence-corrected chi connectivity index (χ2v) is 5.29. The van der Waals surface area contributed by atoms with Gasteiger partial charge in [-0.15, -0.1) is 10.2 Å². The van der Waals surface area contributed by atoms with Crippen LogP contribution in [0.1, 0.15) is 12.3 Å². The molecular weight excluding hydrogens is 350 g/mol. The number of benzene rings is 1. The topological polar surface area (TPSA) is 64.9 Å². The van der Waals surface area contributed by atoms with E-state index in [2.05, 4.69) is 42.1 Å². The predicted octanol–water partition coefficient (Wildman–Crippen LogP) is 3.15. The van der Waals surface area contributed by atoms with Crippen LogP contribution in [0.3, 0.4) is 0 Å². The SMILES string of the molecule is NCCCc1nnc(-c2ccc(Br)cc2Br)o1. The van der Waals surface area contributed by atoms with E-state index in [0.717, 1.165) is 27.4 Å².